The first-order valence-corrected chi connectivity index (χ1v) is 11.4. The zero-order valence-electron chi connectivity index (χ0n) is 17.5. The van der Waals surface area contributed by atoms with Gasteiger partial charge in [0.1, 0.15) is 22.0 Å². The number of aryl methyl sites for hydroxylation is 1. The number of benzene rings is 2. The minimum Gasteiger partial charge on any atom is -0.360 e. The van der Waals surface area contributed by atoms with E-state index < -0.39 is 5.91 Å². The van der Waals surface area contributed by atoms with Crippen LogP contribution < -0.4 is 10.2 Å². The average molecular weight is 480 g/mol. The van der Waals surface area contributed by atoms with Gasteiger partial charge >= 0.3 is 0 Å². The maximum atomic E-state index is 13.0. The number of anilines is 2. The predicted octanol–water partition coefficient (Wildman–Crippen LogP) is 4.93. The van der Waals surface area contributed by atoms with E-state index in [1.54, 1.807) is 30.0 Å². The van der Waals surface area contributed by atoms with Crippen molar-refractivity contribution in [3.8, 4) is 11.3 Å². The number of carbonyl (C=O) groups is 2. The fourth-order valence-electron chi connectivity index (χ4n) is 3.82. The minimum atomic E-state index is -0.417. The summed E-state index contributed by atoms with van der Waals surface area (Å²) in [7, 11) is 0. The smallest absolute Gasteiger partial charge is 0.263 e. The van der Waals surface area contributed by atoms with Crippen molar-refractivity contribution in [1.29, 1.82) is 0 Å². The van der Waals surface area contributed by atoms with E-state index in [0.717, 1.165) is 5.69 Å². The van der Waals surface area contributed by atoms with E-state index in [-0.39, 0.29) is 17.4 Å². The minimum absolute atomic E-state index is 0.0384. The second-order valence-corrected chi connectivity index (χ2v) is 9.00. The molecule has 166 valence electrons. The van der Waals surface area contributed by atoms with Crippen molar-refractivity contribution in [2.45, 2.75) is 19.3 Å². The highest BCUT2D eigenvalue weighted by Crippen LogP contribution is 2.35. The predicted molar refractivity (Wildman–Crippen MR) is 126 cm³/mol. The first kappa shape index (κ1) is 21.3. The molecule has 1 N–H and O–H groups in total. The number of hydrogen-bond acceptors (Lipinski definition) is 7. The maximum absolute atomic E-state index is 13.0. The molecule has 0 bridgehead atoms. The number of aromatic nitrogens is 3. The average Bonchev–Trinajstić information content (AvgIpc) is 3.53. The van der Waals surface area contributed by atoms with Crippen LogP contribution >= 0.6 is 22.9 Å². The molecule has 0 spiro atoms. The fraction of sp³-hybridized carbons (Fsp3) is 0.174. The maximum Gasteiger partial charge on any atom is 0.263 e. The molecule has 4 aromatic rings. The summed E-state index contributed by atoms with van der Waals surface area (Å²) in [4.78, 5) is 27.3. The highest BCUT2D eigenvalue weighted by atomic mass is 35.5. The number of halogens is 1. The van der Waals surface area contributed by atoms with Crippen LogP contribution in [0, 0.1) is 6.92 Å². The van der Waals surface area contributed by atoms with Gasteiger partial charge in [-0.1, -0.05) is 64.5 Å². The summed E-state index contributed by atoms with van der Waals surface area (Å²) in [5.74, 6) is -0.0971. The van der Waals surface area contributed by atoms with Crippen molar-refractivity contribution in [2.75, 3.05) is 16.8 Å². The lowest BCUT2D eigenvalue weighted by Crippen LogP contribution is -2.24. The molecule has 33 heavy (non-hydrogen) atoms. The summed E-state index contributed by atoms with van der Waals surface area (Å²) < 4.78 is 5.27. The number of hydrogen-bond donors (Lipinski definition) is 1. The topological polar surface area (TPSA) is 101 Å². The number of nitrogens with zero attached hydrogens (tertiary/aromatic N) is 4. The third-order valence-corrected chi connectivity index (χ3v) is 6.75. The van der Waals surface area contributed by atoms with E-state index in [0.29, 0.717) is 45.1 Å². The zero-order valence-corrected chi connectivity index (χ0v) is 19.1. The Morgan fingerprint density at radius 3 is 2.70 bits per heavy atom. The molecule has 1 fully saturated rings. The molecule has 2 aromatic carbocycles. The van der Waals surface area contributed by atoms with Crippen molar-refractivity contribution >= 4 is 45.6 Å². The molecule has 5 rings (SSSR count). The molecule has 1 atom stereocenters. The lowest BCUT2D eigenvalue weighted by atomic mass is 10.1. The number of rotatable bonds is 5. The molecule has 0 radical (unpaired) electrons. The molecule has 0 aliphatic carbocycles. The Labute approximate surface area is 198 Å². The van der Waals surface area contributed by atoms with E-state index in [2.05, 4.69) is 20.7 Å². The lowest BCUT2D eigenvalue weighted by Gasteiger charge is -2.15. The van der Waals surface area contributed by atoms with Crippen LogP contribution in [0.2, 0.25) is 5.02 Å². The molecular weight excluding hydrogens is 462 g/mol. The Hall–Kier alpha value is -3.56. The van der Waals surface area contributed by atoms with Crippen LogP contribution in [-0.4, -0.2) is 33.7 Å². The molecule has 1 aliphatic rings. The quantitative estimate of drug-likeness (QED) is 0.435. The van der Waals surface area contributed by atoms with E-state index >= 15 is 0 Å². The Morgan fingerprint density at radius 1 is 1.15 bits per heavy atom. The summed E-state index contributed by atoms with van der Waals surface area (Å²) in [6.45, 7) is 2.18. The molecular formula is C23H18ClN5O3S. The Balaban J connectivity index is 1.33. The van der Waals surface area contributed by atoms with Gasteiger partial charge in [0, 0.05) is 30.1 Å². The largest absolute Gasteiger partial charge is 0.360 e. The van der Waals surface area contributed by atoms with Crippen molar-refractivity contribution in [3.05, 3.63) is 76.0 Å². The van der Waals surface area contributed by atoms with Crippen LogP contribution in [-0.2, 0) is 4.79 Å². The summed E-state index contributed by atoms with van der Waals surface area (Å²) in [6, 6.07) is 16.6. The van der Waals surface area contributed by atoms with Gasteiger partial charge in [0.15, 0.2) is 0 Å². The van der Waals surface area contributed by atoms with Gasteiger partial charge in [-0.15, -0.1) is 10.2 Å². The lowest BCUT2D eigenvalue weighted by molar-refractivity contribution is -0.117. The summed E-state index contributed by atoms with van der Waals surface area (Å²) in [5.41, 5.74) is 2.11. The molecule has 2 amide bonds. The Kier molecular flexibility index (Phi) is 5.65. The van der Waals surface area contributed by atoms with Gasteiger partial charge < -0.3 is 9.42 Å². The van der Waals surface area contributed by atoms with E-state index in [9.17, 15) is 9.59 Å². The highest BCUT2D eigenvalue weighted by Gasteiger charge is 2.34. The van der Waals surface area contributed by atoms with Crippen molar-refractivity contribution < 1.29 is 14.1 Å². The standard InChI is InChI=1S/C23H18ClN5O3S/c1-13-19(20(28-32-13)16-9-5-6-10-17(16)24)21(31)25-23-27-26-22(33-23)14-11-18(30)29(12-14)15-7-3-2-4-8-15/h2-10,14H,11-12H2,1H3,(H,25,27,31). The number of nitrogens with one attached hydrogen (secondary N) is 1. The molecule has 3 heterocycles. The van der Waals surface area contributed by atoms with Crippen LogP contribution in [0.15, 0.2) is 59.1 Å². The van der Waals surface area contributed by atoms with E-state index in [1.807, 2.05) is 36.4 Å². The first-order valence-electron chi connectivity index (χ1n) is 10.2. The molecule has 8 nitrogen and oxygen atoms in total. The number of carbonyl (C=O) groups excluding carboxylic acids is 2. The second kappa shape index (κ2) is 8.76. The summed E-state index contributed by atoms with van der Waals surface area (Å²) >= 11 is 7.54. The number of amides is 2. The van der Waals surface area contributed by atoms with Gasteiger partial charge in [0.25, 0.3) is 5.91 Å². The normalized spacial score (nSPS) is 15.8. The van der Waals surface area contributed by atoms with Crippen LogP contribution in [0.25, 0.3) is 11.3 Å². The first-order chi connectivity index (χ1) is 16.0. The Morgan fingerprint density at radius 2 is 1.91 bits per heavy atom. The van der Waals surface area contributed by atoms with Crippen molar-refractivity contribution in [1.82, 2.24) is 15.4 Å². The second-order valence-electron chi connectivity index (χ2n) is 7.58. The van der Waals surface area contributed by atoms with Gasteiger partial charge in [-0.05, 0) is 25.1 Å². The van der Waals surface area contributed by atoms with Crippen molar-refractivity contribution in [2.24, 2.45) is 0 Å². The molecule has 10 heteroatoms. The van der Waals surface area contributed by atoms with Crippen LogP contribution in [0.1, 0.15) is 33.5 Å². The molecule has 0 saturated carbocycles. The van der Waals surface area contributed by atoms with Crippen molar-refractivity contribution in [3.63, 3.8) is 0 Å². The zero-order chi connectivity index (χ0) is 22.9. The van der Waals surface area contributed by atoms with Gasteiger partial charge in [-0.3, -0.25) is 14.9 Å². The third kappa shape index (κ3) is 4.12. The molecule has 1 unspecified atom stereocenters. The van der Waals surface area contributed by atoms with Gasteiger partial charge in [-0.2, -0.15) is 0 Å². The van der Waals surface area contributed by atoms with E-state index in [1.165, 1.54) is 11.3 Å². The summed E-state index contributed by atoms with van der Waals surface area (Å²) in [5, 5.41) is 16.6. The van der Waals surface area contributed by atoms with Crippen LogP contribution in [0.5, 0.6) is 0 Å². The molecule has 1 aliphatic heterocycles. The van der Waals surface area contributed by atoms with Crippen LogP contribution in [0.4, 0.5) is 10.8 Å². The fourth-order valence-corrected chi connectivity index (χ4v) is 4.87. The van der Waals surface area contributed by atoms with Crippen LogP contribution in [0.3, 0.4) is 0 Å². The van der Waals surface area contributed by atoms with Gasteiger partial charge in [-0.25, -0.2) is 0 Å². The third-order valence-electron chi connectivity index (χ3n) is 5.42. The highest BCUT2D eigenvalue weighted by molar-refractivity contribution is 7.15. The summed E-state index contributed by atoms with van der Waals surface area (Å²) in [6.07, 6.45) is 0.346. The monoisotopic (exact) mass is 479 g/mol. The van der Waals surface area contributed by atoms with Gasteiger partial charge in [0.2, 0.25) is 11.0 Å². The number of para-hydroxylation sites is 1. The molecule has 2 aromatic heterocycles. The SMILES string of the molecule is Cc1onc(-c2ccccc2Cl)c1C(=O)Nc1nnc(C2CC(=O)N(c3ccccc3)C2)s1. The van der Waals surface area contributed by atoms with Gasteiger partial charge in [0.05, 0.1) is 5.02 Å². The molecule has 1 saturated heterocycles. The van der Waals surface area contributed by atoms with E-state index in [4.69, 9.17) is 16.1 Å². The Bertz CT molecular complexity index is 1340.